The van der Waals surface area contributed by atoms with E-state index in [2.05, 4.69) is 0 Å². The van der Waals surface area contributed by atoms with Crippen LogP contribution in [0.4, 0.5) is 0 Å². The highest BCUT2D eigenvalue weighted by molar-refractivity contribution is 6.07. The fraction of sp³-hybridized carbons (Fsp3) is 0.333. The summed E-state index contributed by atoms with van der Waals surface area (Å²) in [6.07, 6.45) is 2.62. The van der Waals surface area contributed by atoms with E-state index in [-0.39, 0.29) is 11.7 Å². The number of amides is 1. The summed E-state index contributed by atoms with van der Waals surface area (Å²) in [5, 5.41) is 0. The van der Waals surface area contributed by atoms with Gasteiger partial charge in [-0.15, -0.1) is 0 Å². The van der Waals surface area contributed by atoms with E-state index in [0.29, 0.717) is 37.6 Å². The van der Waals surface area contributed by atoms with Crippen LogP contribution in [0.5, 0.6) is 5.75 Å². The van der Waals surface area contributed by atoms with Gasteiger partial charge in [-0.2, -0.15) is 0 Å². The number of nitrogens with zero attached hydrogens (tertiary/aromatic N) is 1. The fourth-order valence-corrected chi connectivity index (χ4v) is 1.89. The highest BCUT2D eigenvalue weighted by Gasteiger charge is 2.14. The van der Waals surface area contributed by atoms with E-state index < -0.39 is 0 Å². The maximum atomic E-state index is 11.9. The van der Waals surface area contributed by atoms with Gasteiger partial charge in [-0.25, -0.2) is 0 Å². The average molecular weight is 275 g/mol. The predicted molar refractivity (Wildman–Crippen MR) is 73.9 cm³/mol. The Kier molecular flexibility index (Phi) is 4.90. The molecule has 1 aromatic rings. The molecule has 0 radical (unpaired) electrons. The number of rotatable bonds is 4. The van der Waals surface area contributed by atoms with E-state index in [1.807, 2.05) is 0 Å². The Labute approximate surface area is 117 Å². The molecular weight excluding hydrogens is 258 g/mol. The van der Waals surface area contributed by atoms with Gasteiger partial charge in [0.05, 0.1) is 20.3 Å². The molecule has 0 atom stereocenters. The van der Waals surface area contributed by atoms with Crippen molar-refractivity contribution >= 4 is 11.7 Å². The van der Waals surface area contributed by atoms with Crippen molar-refractivity contribution in [3.63, 3.8) is 0 Å². The van der Waals surface area contributed by atoms with Crippen molar-refractivity contribution in [1.82, 2.24) is 4.90 Å². The summed E-state index contributed by atoms with van der Waals surface area (Å²) in [6.45, 7) is 2.23. The second kappa shape index (κ2) is 6.86. The quantitative estimate of drug-likeness (QED) is 0.614. The Hall–Kier alpha value is -2.14. The normalized spacial score (nSPS) is 15.3. The maximum absolute atomic E-state index is 11.9. The number of ether oxygens (including phenoxy) is 2. The van der Waals surface area contributed by atoms with Crippen LogP contribution in [-0.4, -0.2) is 50.0 Å². The summed E-state index contributed by atoms with van der Waals surface area (Å²) < 4.78 is 10.2. The molecule has 0 aliphatic carbocycles. The van der Waals surface area contributed by atoms with Crippen LogP contribution < -0.4 is 4.74 Å². The number of carbonyl (C=O) groups is 2. The molecule has 0 N–H and O–H groups in total. The van der Waals surface area contributed by atoms with Crippen LogP contribution in [0.15, 0.2) is 36.4 Å². The number of ketones is 1. The molecule has 1 aliphatic rings. The van der Waals surface area contributed by atoms with Gasteiger partial charge in [0.1, 0.15) is 5.75 Å². The van der Waals surface area contributed by atoms with Gasteiger partial charge in [-0.1, -0.05) is 0 Å². The minimum absolute atomic E-state index is 0.157. The first-order valence-corrected chi connectivity index (χ1v) is 6.44. The van der Waals surface area contributed by atoms with Crippen molar-refractivity contribution in [2.45, 2.75) is 0 Å². The van der Waals surface area contributed by atoms with Crippen molar-refractivity contribution in [2.24, 2.45) is 0 Å². The molecule has 20 heavy (non-hydrogen) atoms. The number of carbonyl (C=O) groups excluding carboxylic acids is 2. The Morgan fingerprint density at radius 3 is 2.40 bits per heavy atom. The van der Waals surface area contributed by atoms with Gasteiger partial charge < -0.3 is 14.4 Å². The molecule has 1 aromatic carbocycles. The first-order valence-electron chi connectivity index (χ1n) is 6.44. The van der Waals surface area contributed by atoms with Crippen molar-refractivity contribution in [1.29, 1.82) is 0 Å². The molecule has 0 bridgehead atoms. The molecule has 0 saturated carbocycles. The molecule has 5 nitrogen and oxygen atoms in total. The summed E-state index contributed by atoms with van der Waals surface area (Å²) in [6, 6.07) is 6.77. The highest BCUT2D eigenvalue weighted by atomic mass is 16.5. The molecule has 106 valence electrons. The summed E-state index contributed by atoms with van der Waals surface area (Å²) in [5.74, 6) is 0.333. The topological polar surface area (TPSA) is 55.8 Å². The molecular formula is C15H17NO4. The molecule has 0 unspecified atom stereocenters. The van der Waals surface area contributed by atoms with Crippen LogP contribution in [0.25, 0.3) is 0 Å². The van der Waals surface area contributed by atoms with Crippen LogP contribution in [0.3, 0.4) is 0 Å². The fourth-order valence-electron chi connectivity index (χ4n) is 1.89. The third kappa shape index (κ3) is 3.68. The molecule has 2 rings (SSSR count). The Balaban J connectivity index is 1.95. The number of allylic oxidation sites excluding steroid dienone is 1. The summed E-state index contributed by atoms with van der Waals surface area (Å²) in [7, 11) is 1.57. The SMILES string of the molecule is COc1ccc(C(=O)/C=C/C(=O)N2CCOCC2)cc1. The van der Waals surface area contributed by atoms with Gasteiger partial charge in [-0.3, -0.25) is 9.59 Å². The Morgan fingerprint density at radius 2 is 1.80 bits per heavy atom. The molecule has 0 aromatic heterocycles. The third-order valence-electron chi connectivity index (χ3n) is 3.07. The van der Waals surface area contributed by atoms with Crippen LogP contribution >= 0.6 is 0 Å². The van der Waals surface area contributed by atoms with Crippen LogP contribution in [-0.2, 0) is 9.53 Å². The highest BCUT2D eigenvalue weighted by Crippen LogP contribution is 2.12. The van der Waals surface area contributed by atoms with E-state index >= 15 is 0 Å². The van der Waals surface area contributed by atoms with E-state index in [1.165, 1.54) is 12.2 Å². The first kappa shape index (κ1) is 14.3. The zero-order valence-corrected chi connectivity index (χ0v) is 11.4. The lowest BCUT2D eigenvalue weighted by Gasteiger charge is -2.25. The zero-order valence-electron chi connectivity index (χ0n) is 11.4. The molecule has 1 heterocycles. The number of hydrogen-bond acceptors (Lipinski definition) is 4. The van der Waals surface area contributed by atoms with E-state index in [4.69, 9.17) is 9.47 Å². The number of morpholine rings is 1. The zero-order chi connectivity index (χ0) is 14.4. The molecule has 5 heteroatoms. The molecule has 0 spiro atoms. The van der Waals surface area contributed by atoms with Crippen LogP contribution in [0.1, 0.15) is 10.4 Å². The van der Waals surface area contributed by atoms with Crippen molar-refractivity contribution < 1.29 is 19.1 Å². The van der Waals surface area contributed by atoms with Gasteiger partial charge in [0.2, 0.25) is 5.91 Å². The van der Waals surface area contributed by atoms with Crippen molar-refractivity contribution in [2.75, 3.05) is 33.4 Å². The predicted octanol–water partition coefficient (Wildman–Crippen LogP) is 1.29. The van der Waals surface area contributed by atoms with Gasteiger partial charge in [0.15, 0.2) is 5.78 Å². The minimum atomic E-state index is -0.200. The maximum Gasteiger partial charge on any atom is 0.246 e. The number of methoxy groups -OCH3 is 1. The molecule has 1 saturated heterocycles. The smallest absolute Gasteiger partial charge is 0.246 e. The summed E-state index contributed by atoms with van der Waals surface area (Å²) in [5.41, 5.74) is 0.525. The van der Waals surface area contributed by atoms with Crippen LogP contribution in [0, 0.1) is 0 Å². The Morgan fingerprint density at radius 1 is 1.15 bits per heavy atom. The van der Waals surface area contributed by atoms with Gasteiger partial charge in [-0.05, 0) is 30.3 Å². The number of benzene rings is 1. The lowest BCUT2D eigenvalue weighted by molar-refractivity contribution is -0.129. The monoisotopic (exact) mass is 275 g/mol. The first-order chi connectivity index (χ1) is 9.70. The lowest BCUT2D eigenvalue weighted by atomic mass is 10.1. The van der Waals surface area contributed by atoms with E-state index in [1.54, 1.807) is 36.3 Å². The summed E-state index contributed by atoms with van der Waals surface area (Å²) in [4.78, 5) is 25.4. The van der Waals surface area contributed by atoms with Gasteiger partial charge in [0.25, 0.3) is 0 Å². The standard InChI is InChI=1S/C15H17NO4/c1-19-13-4-2-12(3-5-13)14(17)6-7-15(18)16-8-10-20-11-9-16/h2-7H,8-11H2,1H3/b7-6+. The second-order valence-corrected chi connectivity index (χ2v) is 4.36. The Bertz CT molecular complexity index is 501. The van der Waals surface area contributed by atoms with E-state index in [9.17, 15) is 9.59 Å². The average Bonchev–Trinajstić information content (AvgIpc) is 2.53. The minimum Gasteiger partial charge on any atom is -0.497 e. The van der Waals surface area contributed by atoms with Crippen molar-refractivity contribution in [3.05, 3.63) is 42.0 Å². The largest absolute Gasteiger partial charge is 0.497 e. The third-order valence-corrected chi connectivity index (χ3v) is 3.07. The lowest BCUT2D eigenvalue weighted by Crippen LogP contribution is -2.39. The number of hydrogen-bond donors (Lipinski definition) is 0. The van der Waals surface area contributed by atoms with Gasteiger partial charge in [0, 0.05) is 24.7 Å². The second-order valence-electron chi connectivity index (χ2n) is 4.36. The van der Waals surface area contributed by atoms with E-state index in [0.717, 1.165) is 0 Å². The van der Waals surface area contributed by atoms with Crippen molar-refractivity contribution in [3.8, 4) is 5.75 Å². The molecule has 1 fully saturated rings. The summed E-state index contributed by atoms with van der Waals surface area (Å²) >= 11 is 0. The van der Waals surface area contributed by atoms with Crippen LogP contribution in [0.2, 0.25) is 0 Å². The molecule has 1 amide bonds. The molecule has 1 aliphatic heterocycles. The van der Waals surface area contributed by atoms with Gasteiger partial charge >= 0.3 is 0 Å².